The molecule has 1 fully saturated rings. The highest BCUT2D eigenvalue weighted by molar-refractivity contribution is 5.98. The maximum absolute atomic E-state index is 13.2. The fourth-order valence-corrected chi connectivity index (χ4v) is 4.40. The first-order chi connectivity index (χ1) is 17.0. The fraction of sp³-hybridized carbons (Fsp3) is 0.276. The summed E-state index contributed by atoms with van der Waals surface area (Å²) in [5.41, 5.74) is 5.16. The third kappa shape index (κ3) is 4.97. The van der Waals surface area contributed by atoms with Crippen molar-refractivity contribution in [1.82, 2.24) is 14.9 Å². The van der Waals surface area contributed by atoms with Crippen LogP contribution < -0.4 is 5.32 Å². The zero-order chi connectivity index (χ0) is 24.4. The number of carbonyl (C=O) groups excluding carboxylic acids is 2. The monoisotopic (exact) mass is 467 g/mol. The number of aromatic nitrogens is 2. The number of nitrogens with zero attached hydrogens (tertiary/aromatic N) is 2. The van der Waals surface area contributed by atoms with Crippen molar-refractivity contribution in [3.05, 3.63) is 89.7 Å². The van der Waals surface area contributed by atoms with Gasteiger partial charge in [-0.05, 0) is 67.5 Å². The van der Waals surface area contributed by atoms with Crippen LogP contribution in [-0.2, 0) is 11.3 Å². The number of fused-ring (bicyclic) bond motifs is 1. The number of carbonyl (C=O) groups is 2. The molecule has 6 heteroatoms. The van der Waals surface area contributed by atoms with E-state index < -0.39 is 0 Å². The second-order valence-corrected chi connectivity index (χ2v) is 9.11. The second-order valence-electron chi connectivity index (χ2n) is 9.11. The molecule has 0 spiro atoms. The summed E-state index contributed by atoms with van der Waals surface area (Å²) in [5.74, 6) is 0.306. The molecule has 1 saturated carbocycles. The lowest BCUT2D eigenvalue weighted by Gasteiger charge is -2.14. The summed E-state index contributed by atoms with van der Waals surface area (Å²) < 4.78 is 7.08. The Balaban J connectivity index is 1.50. The van der Waals surface area contributed by atoms with Gasteiger partial charge >= 0.3 is 5.97 Å². The summed E-state index contributed by atoms with van der Waals surface area (Å²) in [6.07, 6.45) is 2.29. The van der Waals surface area contributed by atoms with Crippen LogP contribution in [0.15, 0.2) is 72.8 Å². The average Bonchev–Trinajstić information content (AvgIpc) is 3.67. The van der Waals surface area contributed by atoms with E-state index in [0.717, 1.165) is 35.0 Å². The minimum absolute atomic E-state index is 0.107. The van der Waals surface area contributed by atoms with Gasteiger partial charge in [0.1, 0.15) is 0 Å². The van der Waals surface area contributed by atoms with Crippen LogP contribution in [0.4, 0.5) is 0 Å². The molecule has 3 aromatic carbocycles. The van der Waals surface area contributed by atoms with Crippen LogP contribution in [0, 0.1) is 5.92 Å². The molecular weight excluding hydrogens is 438 g/mol. The highest BCUT2D eigenvalue weighted by atomic mass is 16.5. The first-order valence-electron chi connectivity index (χ1n) is 12.2. The number of ether oxygens (including phenoxy) is 1. The van der Waals surface area contributed by atoms with E-state index in [2.05, 4.69) is 46.7 Å². The molecule has 178 valence electrons. The largest absolute Gasteiger partial charge is 0.462 e. The standard InChI is InChI=1S/C29H29N3O3/c1-3-35-29(34)24-15-16-25-26(17-24)32(27(31-25)28(33)30-19(2)21-13-14-21)18-20-9-11-23(12-10-20)22-7-5-4-6-8-22/h4-12,15-17,19,21H,3,13-14,18H2,1-2H3,(H,30,33)/t19-/m0/s1. The Morgan fingerprint density at radius 1 is 1.03 bits per heavy atom. The zero-order valence-corrected chi connectivity index (χ0v) is 20.0. The summed E-state index contributed by atoms with van der Waals surface area (Å²) in [7, 11) is 0. The minimum atomic E-state index is -0.386. The van der Waals surface area contributed by atoms with Gasteiger partial charge in [-0.3, -0.25) is 4.79 Å². The van der Waals surface area contributed by atoms with E-state index in [1.165, 1.54) is 0 Å². The number of esters is 1. The minimum Gasteiger partial charge on any atom is -0.462 e. The molecule has 1 N–H and O–H groups in total. The van der Waals surface area contributed by atoms with Crippen LogP contribution in [0.2, 0.25) is 0 Å². The third-order valence-electron chi connectivity index (χ3n) is 6.55. The first-order valence-corrected chi connectivity index (χ1v) is 12.2. The van der Waals surface area contributed by atoms with E-state index in [-0.39, 0.29) is 17.9 Å². The van der Waals surface area contributed by atoms with Gasteiger partial charge in [-0.2, -0.15) is 0 Å². The molecule has 0 aliphatic heterocycles. The summed E-state index contributed by atoms with van der Waals surface area (Å²) in [4.78, 5) is 30.3. The molecule has 0 saturated heterocycles. The van der Waals surface area contributed by atoms with E-state index >= 15 is 0 Å². The number of imidazole rings is 1. The van der Waals surface area contributed by atoms with Gasteiger partial charge in [-0.1, -0.05) is 54.6 Å². The van der Waals surface area contributed by atoms with Gasteiger partial charge in [0, 0.05) is 12.6 Å². The molecular formula is C29H29N3O3. The van der Waals surface area contributed by atoms with Crippen molar-refractivity contribution in [3.8, 4) is 11.1 Å². The van der Waals surface area contributed by atoms with Gasteiger partial charge in [-0.25, -0.2) is 9.78 Å². The molecule has 0 unspecified atom stereocenters. The molecule has 5 rings (SSSR count). The maximum atomic E-state index is 13.2. The number of rotatable bonds is 8. The summed E-state index contributed by atoms with van der Waals surface area (Å²) in [5, 5.41) is 3.12. The lowest BCUT2D eigenvalue weighted by molar-refractivity contribution is 0.0526. The van der Waals surface area contributed by atoms with Gasteiger partial charge in [0.15, 0.2) is 5.82 Å². The Labute approximate surface area is 204 Å². The van der Waals surface area contributed by atoms with E-state index in [4.69, 9.17) is 4.74 Å². The van der Waals surface area contributed by atoms with Gasteiger partial charge in [0.2, 0.25) is 0 Å². The van der Waals surface area contributed by atoms with Gasteiger partial charge < -0.3 is 14.6 Å². The predicted octanol–water partition coefficient (Wildman–Crippen LogP) is 5.46. The fourth-order valence-electron chi connectivity index (χ4n) is 4.40. The van der Waals surface area contributed by atoms with Crippen molar-refractivity contribution >= 4 is 22.9 Å². The van der Waals surface area contributed by atoms with Crippen molar-refractivity contribution < 1.29 is 14.3 Å². The lowest BCUT2D eigenvalue weighted by Crippen LogP contribution is -2.35. The number of hydrogen-bond acceptors (Lipinski definition) is 4. The van der Waals surface area contributed by atoms with E-state index in [0.29, 0.717) is 36.0 Å². The van der Waals surface area contributed by atoms with Gasteiger partial charge in [0.25, 0.3) is 5.91 Å². The third-order valence-corrected chi connectivity index (χ3v) is 6.55. The summed E-state index contributed by atoms with van der Waals surface area (Å²) in [6.45, 7) is 4.59. The number of benzene rings is 3. The lowest BCUT2D eigenvalue weighted by atomic mass is 10.0. The topological polar surface area (TPSA) is 73.2 Å². The zero-order valence-electron chi connectivity index (χ0n) is 20.0. The molecule has 1 amide bonds. The van der Waals surface area contributed by atoms with Crippen LogP contribution in [0.1, 0.15) is 53.2 Å². The molecule has 1 aromatic heterocycles. The van der Waals surface area contributed by atoms with Crippen molar-refractivity contribution in [2.75, 3.05) is 6.61 Å². The van der Waals surface area contributed by atoms with Crippen molar-refractivity contribution in [2.45, 2.75) is 39.3 Å². The average molecular weight is 468 g/mol. The Bertz CT molecular complexity index is 1360. The van der Waals surface area contributed by atoms with E-state index in [1.807, 2.05) is 29.7 Å². The van der Waals surface area contributed by atoms with Crippen LogP contribution in [0.3, 0.4) is 0 Å². The molecule has 35 heavy (non-hydrogen) atoms. The Hall–Kier alpha value is -3.93. The Kier molecular flexibility index (Phi) is 6.36. The molecule has 1 atom stereocenters. The van der Waals surface area contributed by atoms with Crippen molar-refractivity contribution in [3.63, 3.8) is 0 Å². The van der Waals surface area contributed by atoms with Crippen LogP contribution >= 0.6 is 0 Å². The maximum Gasteiger partial charge on any atom is 0.338 e. The smallest absolute Gasteiger partial charge is 0.338 e. The first kappa shape index (κ1) is 22.8. The molecule has 0 radical (unpaired) electrons. The normalized spacial score (nSPS) is 14.0. The highest BCUT2D eigenvalue weighted by Crippen LogP contribution is 2.32. The SMILES string of the molecule is CCOC(=O)c1ccc2nc(C(=O)N[C@@H](C)C3CC3)n(Cc3ccc(-c4ccccc4)cc3)c2c1. The summed E-state index contributed by atoms with van der Waals surface area (Å²) in [6, 6.07) is 23.9. The molecule has 1 aliphatic rings. The van der Waals surface area contributed by atoms with Crippen LogP contribution in [-0.4, -0.2) is 34.1 Å². The molecule has 4 aromatic rings. The number of nitrogens with one attached hydrogen (secondary N) is 1. The van der Waals surface area contributed by atoms with Crippen LogP contribution in [0.5, 0.6) is 0 Å². The van der Waals surface area contributed by atoms with Gasteiger partial charge in [-0.15, -0.1) is 0 Å². The van der Waals surface area contributed by atoms with Crippen LogP contribution in [0.25, 0.3) is 22.2 Å². The molecule has 0 bridgehead atoms. The number of hydrogen-bond donors (Lipinski definition) is 1. The Morgan fingerprint density at radius 2 is 1.74 bits per heavy atom. The van der Waals surface area contributed by atoms with E-state index in [9.17, 15) is 9.59 Å². The van der Waals surface area contributed by atoms with Crippen molar-refractivity contribution in [1.29, 1.82) is 0 Å². The summed E-state index contributed by atoms with van der Waals surface area (Å²) >= 11 is 0. The molecule has 1 aliphatic carbocycles. The number of amides is 1. The van der Waals surface area contributed by atoms with Crippen molar-refractivity contribution in [2.24, 2.45) is 5.92 Å². The quantitative estimate of drug-likeness (QED) is 0.350. The second kappa shape index (κ2) is 9.74. The Morgan fingerprint density at radius 3 is 2.43 bits per heavy atom. The van der Waals surface area contributed by atoms with E-state index in [1.54, 1.807) is 25.1 Å². The highest BCUT2D eigenvalue weighted by Gasteiger charge is 2.30. The molecule has 6 nitrogen and oxygen atoms in total. The molecule has 1 heterocycles. The predicted molar refractivity (Wildman–Crippen MR) is 136 cm³/mol. The van der Waals surface area contributed by atoms with Gasteiger partial charge in [0.05, 0.1) is 23.2 Å².